The third kappa shape index (κ3) is 3.57. The minimum absolute atomic E-state index is 0.0561. The zero-order valence-corrected chi connectivity index (χ0v) is 13.4. The van der Waals surface area contributed by atoms with Gasteiger partial charge in [-0.25, -0.2) is 0 Å². The smallest absolute Gasteiger partial charge is 0.253 e. The number of benzene rings is 1. The van der Waals surface area contributed by atoms with Gasteiger partial charge in [-0.1, -0.05) is 48.0 Å². The van der Waals surface area contributed by atoms with Gasteiger partial charge in [0, 0.05) is 23.0 Å². The summed E-state index contributed by atoms with van der Waals surface area (Å²) < 4.78 is 0. The molecule has 1 heterocycles. The fourth-order valence-electron chi connectivity index (χ4n) is 2.28. The monoisotopic (exact) mass is 334 g/mol. The minimum Gasteiger partial charge on any atom is -0.348 e. The highest BCUT2D eigenvalue weighted by molar-refractivity contribution is 9.09. The van der Waals surface area contributed by atoms with Crippen molar-refractivity contribution in [2.45, 2.75) is 26.3 Å². The fourth-order valence-corrected chi connectivity index (χ4v) is 2.71. The van der Waals surface area contributed by atoms with E-state index in [1.54, 1.807) is 6.20 Å². The predicted octanol–water partition coefficient (Wildman–Crippen LogP) is 3.77. The highest BCUT2D eigenvalue weighted by Crippen LogP contribution is 2.16. The average Bonchev–Trinajstić information content (AvgIpc) is 2.45. The average molecular weight is 335 g/mol. The molecule has 0 aliphatic carbocycles. The second-order valence-electron chi connectivity index (χ2n) is 5.33. The van der Waals surface area contributed by atoms with Crippen LogP contribution in [0.4, 0.5) is 0 Å². The zero-order chi connectivity index (χ0) is 14.5. The topological polar surface area (TPSA) is 42.0 Å². The molecule has 106 valence electrons. The molecule has 1 N–H and O–H groups in total. The maximum absolute atomic E-state index is 12.4. The fraction of sp³-hybridized carbons (Fsp3) is 0.375. The lowest BCUT2D eigenvalue weighted by Crippen LogP contribution is -2.37. The molecule has 0 saturated carbocycles. The van der Waals surface area contributed by atoms with Crippen molar-refractivity contribution in [2.75, 3.05) is 5.33 Å². The summed E-state index contributed by atoms with van der Waals surface area (Å²) >= 11 is 3.46. The number of amides is 1. The number of carbonyl (C=O) groups excluding carboxylic acids is 1. The third-order valence-electron chi connectivity index (χ3n) is 3.15. The summed E-state index contributed by atoms with van der Waals surface area (Å²) in [5, 5.41) is 4.83. The molecule has 0 saturated heterocycles. The lowest BCUT2D eigenvalue weighted by atomic mass is 10.0. The number of alkyl halides is 1. The number of carbonyl (C=O) groups is 1. The van der Waals surface area contributed by atoms with Gasteiger partial charge in [0.15, 0.2) is 0 Å². The van der Waals surface area contributed by atoms with Gasteiger partial charge in [0.2, 0.25) is 0 Å². The molecule has 0 spiro atoms. The second kappa shape index (κ2) is 6.84. The Kier molecular flexibility index (Phi) is 5.12. The molecule has 4 heteroatoms. The summed E-state index contributed by atoms with van der Waals surface area (Å²) in [6, 6.07) is 9.67. The molecule has 0 aliphatic heterocycles. The standard InChI is InChI=1S/C16H19BrN2O/c1-11(2)9-13(10-17)19-16(20)14-7-3-5-12-6-4-8-18-15(12)14/h3-8,11,13H,9-10H2,1-2H3,(H,19,20). The summed E-state index contributed by atoms with van der Waals surface area (Å²) in [6.45, 7) is 4.31. The summed E-state index contributed by atoms with van der Waals surface area (Å²) in [6.07, 6.45) is 2.67. The van der Waals surface area contributed by atoms with E-state index < -0.39 is 0 Å². The Labute approximate surface area is 127 Å². The van der Waals surface area contributed by atoms with Crippen LogP contribution in [0.5, 0.6) is 0 Å². The van der Waals surface area contributed by atoms with Gasteiger partial charge in [-0.3, -0.25) is 9.78 Å². The van der Waals surface area contributed by atoms with E-state index in [-0.39, 0.29) is 11.9 Å². The van der Waals surface area contributed by atoms with Crippen molar-refractivity contribution >= 4 is 32.7 Å². The van der Waals surface area contributed by atoms with Crippen LogP contribution in [0, 0.1) is 5.92 Å². The van der Waals surface area contributed by atoms with Gasteiger partial charge in [0.25, 0.3) is 5.91 Å². The summed E-state index contributed by atoms with van der Waals surface area (Å²) in [4.78, 5) is 16.8. The van der Waals surface area contributed by atoms with Crippen molar-refractivity contribution in [3.05, 3.63) is 42.1 Å². The Balaban J connectivity index is 2.23. The van der Waals surface area contributed by atoms with Gasteiger partial charge in [0.1, 0.15) is 0 Å². The molecule has 0 fully saturated rings. The van der Waals surface area contributed by atoms with Gasteiger partial charge in [-0.2, -0.15) is 0 Å². The maximum atomic E-state index is 12.4. The molecule has 0 bridgehead atoms. The first-order valence-electron chi connectivity index (χ1n) is 6.82. The van der Waals surface area contributed by atoms with E-state index in [0.29, 0.717) is 11.5 Å². The molecule has 1 unspecified atom stereocenters. The Morgan fingerprint density at radius 2 is 2.05 bits per heavy atom. The van der Waals surface area contributed by atoms with E-state index >= 15 is 0 Å². The highest BCUT2D eigenvalue weighted by atomic mass is 79.9. The molecule has 1 aromatic carbocycles. The lowest BCUT2D eigenvalue weighted by Gasteiger charge is -2.18. The van der Waals surface area contributed by atoms with Crippen molar-refractivity contribution in [1.29, 1.82) is 0 Å². The Morgan fingerprint density at radius 3 is 2.75 bits per heavy atom. The number of fused-ring (bicyclic) bond motifs is 1. The van der Waals surface area contributed by atoms with Crippen molar-refractivity contribution < 1.29 is 4.79 Å². The number of hydrogen-bond acceptors (Lipinski definition) is 2. The van der Waals surface area contributed by atoms with Gasteiger partial charge in [-0.05, 0) is 24.5 Å². The maximum Gasteiger partial charge on any atom is 0.253 e. The number of rotatable bonds is 5. The van der Waals surface area contributed by atoms with E-state index in [4.69, 9.17) is 0 Å². The van der Waals surface area contributed by atoms with E-state index in [0.717, 1.165) is 22.7 Å². The van der Waals surface area contributed by atoms with Crippen LogP contribution < -0.4 is 5.32 Å². The molecule has 1 atom stereocenters. The zero-order valence-electron chi connectivity index (χ0n) is 11.8. The molecule has 0 radical (unpaired) electrons. The van der Waals surface area contributed by atoms with Crippen molar-refractivity contribution in [1.82, 2.24) is 10.3 Å². The molecule has 2 rings (SSSR count). The van der Waals surface area contributed by atoms with E-state index in [1.807, 2.05) is 30.3 Å². The van der Waals surface area contributed by atoms with Crippen LogP contribution in [0.1, 0.15) is 30.6 Å². The predicted molar refractivity (Wildman–Crippen MR) is 86.2 cm³/mol. The number of nitrogens with one attached hydrogen (secondary N) is 1. The van der Waals surface area contributed by atoms with Crippen molar-refractivity contribution in [3.8, 4) is 0 Å². The molecule has 1 amide bonds. The Bertz CT molecular complexity index is 593. The van der Waals surface area contributed by atoms with Crippen LogP contribution in [0.3, 0.4) is 0 Å². The minimum atomic E-state index is -0.0561. The van der Waals surface area contributed by atoms with Crippen LogP contribution in [-0.4, -0.2) is 22.3 Å². The molecule has 2 aromatic rings. The molecule has 3 nitrogen and oxygen atoms in total. The van der Waals surface area contributed by atoms with E-state index in [1.165, 1.54) is 0 Å². The van der Waals surface area contributed by atoms with Gasteiger partial charge in [-0.15, -0.1) is 0 Å². The molecule has 0 aliphatic rings. The van der Waals surface area contributed by atoms with Crippen LogP contribution in [0.25, 0.3) is 10.9 Å². The number of halogens is 1. The summed E-state index contributed by atoms with van der Waals surface area (Å²) in [5.74, 6) is 0.489. The number of pyridine rings is 1. The van der Waals surface area contributed by atoms with Crippen molar-refractivity contribution in [3.63, 3.8) is 0 Å². The van der Waals surface area contributed by atoms with Gasteiger partial charge >= 0.3 is 0 Å². The summed E-state index contributed by atoms with van der Waals surface area (Å²) in [7, 11) is 0. The highest BCUT2D eigenvalue weighted by Gasteiger charge is 2.16. The van der Waals surface area contributed by atoms with Crippen molar-refractivity contribution in [2.24, 2.45) is 5.92 Å². The first-order valence-corrected chi connectivity index (χ1v) is 7.94. The number of para-hydroxylation sites is 1. The summed E-state index contributed by atoms with van der Waals surface area (Å²) in [5.41, 5.74) is 1.39. The first kappa shape index (κ1) is 15.0. The first-order chi connectivity index (χ1) is 9.61. The van der Waals surface area contributed by atoms with Crippen LogP contribution >= 0.6 is 15.9 Å². The van der Waals surface area contributed by atoms with E-state index in [9.17, 15) is 4.79 Å². The number of nitrogens with zero attached hydrogens (tertiary/aromatic N) is 1. The van der Waals surface area contributed by atoms with Crippen LogP contribution in [-0.2, 0) is 0 Å². The normalized spacial score (nSPS) is 12.6. The van der Waals surface area contributed by atoms with E-state index in [2.05, 4.69) is 40.1 Å². The molecular weight excluding hydrogens is 316 g/mol. The Hall–Kier alpha value is -1.42. The molecule has 20 heavy (non-hydrogen) atoms. The largest absolute Gasteiger partial charge is 0.348 e. The van der Waals surface area contributed by atoms with Crippen LogP contribution in [0.15, 0.2) is 36.5 Å². The second-order valence-corrected chi connectivity index (χ2v) is 5.98. The quantitative estimate of drug-likeness (QED) is 0.845. The SMILES string of the molecule is CC(C)CC(CBr)NC(=O)c1cccc2cccnc12. The third-order valence-corrected chi connectivity index (χ3v) is 3.94. The van der Waals surface area contributed by atoms with Gasteiger partial charge < -0.3 is 5.32 Å². The molecule has 1 aromatic heterocycles. The Morgan fingerprint density at radius 1 is 1.30 bits per heavy atom. The van der Waals surface area contributed by atoms with Crippen LogP contribution in [0.2, 0.25) is 0 Å². The lowest BCUT2D eigenvalue weighted by molar-refractivity contribution is 0.0938. The number of hydrogen-bond donors (Lipinski definition) is 1. The number of aromatic nitrogens is 1. The van der Waals surface area contributed by atoms with Gasteiger partial charge in [0.05, 0.1) is 11.1 Å². The molecular formula is C16H19BrN2O.